The molecule has 0 saturated heterocycles. The fourth-order valence-corrected chi connectivity index (χ4v) is 9.07. The predicted octanol–water partition coefficient (Wildman–Crippen LogP) is 12.7. The minimum absolute atomic E-state index is 0. The number of furan rings is 2. The van der Waals surface area contributed by atoms with Gasteiger partial charge in [-0.2, -0.15) is 0 Å². The fraction of sp³-hybridized carbons (Fsp3) is 0.174. The molecule has 0 aliphatic heterocycles. The molecule has 0 aliphatic carbocycles. The molecule has 0 bridgehead atoms. The van der Waals surface area contributed by atoms with Gasteiger partial charge >= 0.3 is 26.2 Å². The summed E-state index contributed by atoms with van der Waals surface area (Å²) >= 11 is 0. The van der Waals surface area contributed by atoms with Gasteiger partial charge in [-0.15, -0.1) is 57.9 Å². The van der Waals surface area contributed by atoms with Crippen LogP contribution in [-0.4, -0.2) is 16.1 Å². The Balaban J connectivity index is 0.000000172. The first-order chi connectivity index (χ1) is 23.8. The molecule has 0 fully saturated rings. The molecule has 2 nitrogen and oxygen atoms in total. The van der Waals surface area contributed by atoms with Crippen molar-refractivity contribution in [1.82, 2.24) is 0 Å². The summed E-state index contributed by atoms with van der Waals surface area (Å²) in [6.07, 6.45) is 0. The summed E-state index contributed by atoms with van der Waals surface area (Å²) in [6.45, 7) is 18.3. The van der Waals surface area contributed by atoms with Crippen LogP contribution in [0.25, 0.3) is 66.4 Å². The summed E-state index contributed by atoms with van der Waals surface area (Å²) in [6, 6.07) is 48.4. The minimum Gasteiger partial charge on any atom is -0.496 e. The molecule has 254 valence electrons. The molecule has 2 heterocycles. The second kappa shape index (κ2) is 14.5. The molecular formula is C46H46O2Si2Zr. The number of hydrogen-bond donors (Lipinski definition) is 0. The van der Waals surface area contributed by atoms with Crippen LogP contribution in [0, 0.1) is 13.8 Å². The SMILES string of the molecule is Cc1ccc(-c2cc3c(-c4ccc([Si](C)(C)C)cc4)cccc3[cH-]2)o1.Cc1ccc(-c2cc3c(-c4ccc([Si](C)(C)C)cc4)cccc3[cH-]2)o1.[Zr+2]. The van der Waals surface area contributed by atoms with Crippen molar-refractivity contribution in [3.05, 3.63) is 145 Å². The van der Waals surface area contributed by atoms with Crippen LogP contribution < -0.4 is 10.4 Å². The monoisotopic (exact) mass is 776 g/mol. The van der Waals surface area contributed by atoms with Gasteiger partial charge in [0.05, 0.1) is 39.2 Å². The first kappa shape index (κ1) is 36.8. The maximum absolute atomic E-state index is 5.80. The van der Waals surface area contributed by atoms with E-state index in [4.69, 9.17) is 8.83 Å². The standard InChI is InChI=1S/2C23H23OSi.Zr/c2*1-16-8-13-23(24-16)19-14-18-6-5-7-21(22(18)15-19)17-9-11-20(12-10-17)25(2,3)4;/h2*5-15H,1-4H3;/q2*-1;+2. The quantitative estimate of drug-likeness (QED) is 0.124. The molecule has 0 unspecified atom stereocenters. The van der Waals surface area contributed by atoms with E-state index >= 15 is 0 Å². The van der Waals surface area contributed by atoms with Crippen molar-refractivity contribution >= 4 is 48.1 Å². The van der Waals surface area contributed by atoms with Crippen LogP contribution >= 0.6 is 0 Å². The van der Waals surface area contributed by atoms with Crippen molar-refractivity contribution in [2.45, 2.75) is 53.1 Å². The third kappa shape index (κ3) is 7.92. The van der Waals surface area contributed by atoms with Gasteiger partial charge in [0, 0.05) is 0 Å². The second-order valence-electron chi connectivity index (χ2n) is 15.6. The Labute approximate surface area is 324 Å². The van der Waals surface area contributed by atoms with Crippen molar-refractivity contribution < 1.29 is 35.0 Å². The summed E-state index contributed by atoms with van der Waals surface area (Å²) < 4.78 is 11.6. The Bertz CT molecular complexity index is 2230. The van der Waals surface area contributed by atoms with Crippen LogP contribution in [0.5, 0.6) is 0 Å². The summed E-state index contributed by atoms with van der Waals surface area (Å²) in [5.41, 5.74) is 7.42. The smallest absolute Gasteiger partial charge is 0.496 e. The minimum atomic E-state index is -1.26. The Hall–Kier alpha value is -4.02. The van der Waals surface area contributed by atoms with Crippen LogP contribution in [0.3, 0.4) is 0 Å². The Morgan fingerprint density at radius 3 is 1.14 bits per heavy atom. The van der Waals surface area contributed by atoms with Crippen molar-refractivity contribution in [2.75, 3.05) is 0 Å². The molecule has 0 N–H and O–H groups in total. The van der Waals surface area contributed by atoms with E-state index in [0.717, 1.165) is 34.2 Å². The largest absolute Gasteiger partial charge is 2.00 e. The molecule has 0 atom stereocenters. The first-order valence-electron chi connectivity index (χ1n) is 17.6. The van der Waals surface area contributed by atoms with Crippen LogP contribution in [0.2, 0.25) is 39.3 Å². The number of rotatable bonds is 6. The van der Waals surface area contributed by atoms with E-state index in [2.05, 4.69) is 148 Å². The third-order valence-corrected chi connectivity index (χ3v) is 13.8. The van der Waals surface area contributed by atoms with Crippen molar-refractivity contribution in [1.29, 1.82) is 0 Å². The number of benzene rings is 4. The predicted molar refractivity (Wildman–Crippen MR) is 221 cm³/mol. The maximum atomic E-state index is 5.80. The van der Waals surface area contributed by atoms with Crippen LogP contribution in [0.1, 0.15) is 11.5 Å². The molecule has 8 aromatic rings. The van der Waals surface area contributed by atoms with Gasteiger partial charge in [-0.25, -0.2) is 0 Å². The normalized spacial score (nSPS) is 11.8. The zero-order chi connectivity index (χ0) is 35.2. The molecule has 0 aliphatic rings. The van der Waals surface area contributed by atoms with Gasteiger partial charge < -0.3 is 8.83 Å². The van der Waals surface area contributed by atoms with E-state index in [1.54, 1.807) is 0 Å². The average Bonchev–Trinajstić information content (AvgIpc) is 3.90. The molecule has 0 amide bonds. The van der Waals surface area contributed by atoms with Gasteiger partial charge in [0.15, 0.2) is 0 Å². The molecule has 0 radical (unpaired) electrons. The van der Waals surface area contributed by atoms with Crippen molar-refractivity contribution in [3.8, 4) is 44.9 Å². The fourth-order valence-electron chi connectivity index (χ4n) is 6.74. The molecule has 5 heteroatoms. The summed E-state index contributed by atoms with van der Waals surface area (Å²) in [5, 5.41) is 8.08. The molecule has 0 saturated carbocycles. The molecule has 2 aromatic heterocycles. The molecule has 8 rings (SSSR count). The maximum Gasteiger partial charge on any atom is 2.00 e. The van der Waals surface area contributed by atoms with Gasteiger partial charge in [0.2, 0.25) is 0 Å². The van der Waals surface area contributed by atoms with Gasteiger partial charge in [-0.3, -0.25) is 0 Å². The average molecular weight is 778 g/mol. The summed E-state index contributed by atoms with van der Waals surface area (Å²) in [5.74, 6) is 3.77. The van der Waals surface area contributed by atoms with Crippen LogP contribution in [-0.2, 0) is 26.2 Å². The number of fused-ring (bicyclic) bond motifs is 2. The van der Waals surface area contributed by atoms with Crippen molar-refractivity contribution in [3.63, 3.8) is 0 Å². The van der Waals surface area contributed by atoms with Crippen LogP contribution in [0.4, 0.5) is 0 Å². The van der Waals surface area contributed by atoms with Crippen LogP contribution in [0.15, 0.2) is 142 Å². The van der Waals surface area contributed by atoms with E-state index in [1.807, 2.05) is 38.1 Å². The summed E-state index contributed by atoms with van der Waals surface area (Å²) in [7, 11) is -2.52. The zero-order valence-corrected chi connectivity index (χ0v) is 35.5. The zero-order valence-electron chi connectivity index (χ0n) is 31.0. The van der Waals surface area contributed by atoms with Crippen molar-refractivity contribution in [2.24, 2.45) is 0 Å². The first-order valence-corrected chi connectivity index (χ1v) is 24.6. The van der Waals surface area contributed by atoms with Gasteiger partial charge in [-0.05, 0) is 49.2 Å². The van der Waals surface area contributed by atoms with E-state index in [-0.39, 0.29) is 26.2 Å². The van der Waals surface area contributed by atoms with Gasteiger partial charge in [-0.1, -0.05) is 145 Å². The van der Waals surface area contributed by atoms with E-state index in [9.17, 15) is 0 Å². The number of hydrogen-bond acceptors (Lipinski definition) is 2. The Morgan fingerprint density at radius 1 is 0.451 bits per heavy atom. The van der Waals surface area contributed by atoms with Gasteiger partial charge in [0.25, 0.3) is 0 Å². The topological polar surface area (TPSA) is 26.3 Å². The molecule has 51 heavy (non-hydrogen) atoms. The van der Waals surface area contributed by atoms with E-state index in [0.29, 0.717) is 0 Å². The second-order valence-corrected chi connectivity index (χ2v) is 25.7. The molecule has 0 spiro atoms. The summed E-state index contributed by atoms with van der Waals surface area (Å²) in [4.78, 5) is 0. The van der Waals surface area contributed by atoms with Gasteiger partial charge in [0.1, 0.15) is 0 Å². The van der Waals surface area contributed by atoms with E-state index in [1.165, 1.54) is 54.2 Å². The third-order valence-electron chi connectivity index (χ3n) is 9.68. The number of aryl methyl sites for hydroxylation is 2. The Morgan fingerprint density at radius 2 is 0.824 bits per heavy atom. The Kier molecular flexibility index (Phi) is 10.5. The molecule has 6 aromatic carbocycles. The van der Waals surface area contributed by atoms with E-state index < -0.39 is 16.1 Å². The molecular weight excluding hydrogens is 732 g/mol.